The van der Waals surface area contributed by atoms with E-state index in [4.69, 9.17) is 4.42 Å². The van der Waals surface area contributed by atoms with E-state index in [9.17, 15) is 13.2 Å². The van der Waals surface area contributed by atoms with Gasteiger partial charge in [-0.05, 0) is 6.07 Å². The molecule has 0 amide bonds. The molecule has 9 heteroatoms. The van der Waals surface area contributed by atoms with Crippen LogP contribution in [0.15, 0.2) is 33.7 Å². The summed E-state index contributed by atoms with van der Waals surface area (Å²) in [7, 11) is 0. The van der Waals surface area contributed by atoms with Crippen molar-refractivity contribution in [3.8, 4) is 0 Å². The lowest BCUT2D eigenvalue weighted by atomic mass is 10.2. The number of benzene rings is 1. The molecule has 3 rings (SSSR count). The van der Waals surface area contributed by atoms with Crippen LogP contribution in [0.1, 0.15) is 24.5 Å². The Balaban J connectivity index is 1.94. The maximum atomic E-state index is 12.9. The van der Waals surface area contributed by atoms with Crippen LogP contribution in [0.4, 0.5) is 13.2 Å². The second-order valence-corrected chi connectivity index (χ2v) is 5.56. The number of aromatic nitrogens is 4. The van der Waals surface area contributed by atoms with Gasteiger partial charge in [0.2, 0.25) is 17.6 Å². The number of para-hydroxylation sites is 1. The molecule has 2 heterocycles. The van der Waals surface area contributed by atoms with Gasteiger partial charge < -0.3 is 4.42 Å². The van der Waals surface area contributed by atoms with E-state index in [1.54, 1.807) is 18.2 Å². The zero-order valence-corrected chi connectivity index (χ0v) is 12.8. The summed E-state index contributed by atoms with van der Waals surface area (Å²) >= 11 is 1.11. The van der Waals surface area contributed by atoms with Gasteiger partial charge in [-0.25, -0.2) is 9.97 Å². The summed E-state index contributed by atoms with van der Waals surface area (Å²) in [6.07, 6.45) is -3.99. The van der Waals surface area contributed by atoms with Crippen LogP contribution < -0.4 is 0 Å². The molecule has 2 aromatic heterocycles. The summed E-state index contributed by atoms with van der Waals surface area (Å²) in [5, 5.41) is 8.47. The Morgan fingerprint density at radius 2 is 1.83 bits per heavy atom. The quantitative estimate of drug-likeness (QED) is 0.530. The Hall–Kier alpha value is -2.16. The molecule has 23 heavy (non-hydrogen) atoms. The molecule has 0 saturated carbocycles. The first-order valence-corrected chi connectivity index (χ1v) is 7.74. The van der Waals surface area contributed by atoms with E-state index in [2.05, 4.69) is 20.2 Å². The lowest BCUT2D eigenvalue weighted by Crippen LogP contribution is -2.11. The van der Waals surface area contributed by atoms with Crippen molar-refractivity contribution < 1.29 is 17.6 Å². The van der Waals surface area contributed by atoms with E-state index in [0.717, 1.165) is 11.8 Å². The van der Waals surface area contributed by atoms with Gasteiger partial charge in [-0.15, -0.1) is 10.2 Å². The third kappa shape index (κ3) is 3.44. The molecule has 0 aliphatic rings. The van der Waals surface area contributed by atoms with Crippen LogP contribution in [0.2, 0.25) is 0 Å². The van der Waals surface area contributed by atoms with Crippen LogP contribution >= 0.6 is 11.8 Å². The zero-order valence-electron chi connectivity index (χ0n) is 12.0. The summed E-state index contributed by atoms with van der Waals surface area (Å²) in [6, 6.07) is 6.57. The van der Waals surface area contributed by atoms with Gasteiger partial charge in [0, 0.05) is 11.8 Å². The average Bonchev–Trinajstić information content (AvgIpc) is 2.99. The molecule has 0 atom stereocenters. The summed E-state index contributed by atoms with van der Waals surface area (Å²) in [5.74, 6) is -0.0728. The number of hydrogen-bond acceptors (Lipinski definition) is 6. The molecule has 0 fully saturated rings. The molecule has 120 valence electrons. The summed E-state index contributed by atoms with van der Waals surface area (Å²) < 4.78 is 44.2. The van der Waals surface area contributed by atoms with Crippen LogP contribution in [-0.4, -0.2) is 20.2 Å². The first-order valence-electron chi connectivity index (χ1n) is 6.75. The molecule has 0 aliphatic carbocycles. The molecule has 0 saturated heterocycles. The molecule has 0 N–H and O–H groups in total. The van der Waals surface area contributed by atoms with Crippen LogP contribution in [0.5, 0.6) is 0 Å². The monoisotopic (exact) mass is 340 g/mol. The second-order valence-electron chi connectivity index (χ2n) is 4.60. The fourth-order valence-corrected chi connectivity index (χ4v) is 2.76. The van der Waals surface area contributed by atoms with Crippen molar-refractivity contribution in [3.63, 3.8) is 0 Å². The summed E-state index contributed by atoms with van der Waals surface area (Å²) in [6.45, 7) is 1.87. The molecule has 0 bridgehead atoms. The van der Waals surface area contributed by atoms with Crippen molar-refractivity contribution in [1.29, 1.82) is 0 Å². The lowest BCUT2D eigenvalue weighted by Gasteiger charge is -2.09. The third-order valence-electron chi connectivity index (χ3n) is 2.97. The number of rotatable bonds is 4. The predicted molar refractivity (Wildman–Crippen MR) is 77.8 cm³/mol. The smallest absolute Gasteiger partial charge is 0.424 e. The third-order valence-corrected chi connectivity index (χ3v) is 3.94. The maximum absolute atomic E-state index is 12.9. The number of fused-ring (bicyclic) bond motifs is 1. The minimum atomic E-state index is -4.60. The largest absolute Gasteiger partial charge is 0.451 e. The van der Waals surface area contributed by atoms with E-state index >= 15 is 0 Å². The molecule has 0 aliphatic heterocycles. The maximum Gasteiger partial charge on any atom is 0.451 e. The van der Waals surface area contributed by atoms with Crippen molar-refractivity contribution in [3.05, 3.63) is 41.9 Å². The van der Waals surface area contributed by atoms with Crippen LogP contribution in [0.3, 0.4) is 0 Å². The fraction of sp³-hybridized carbons (Fsp3) is 0.286. The number of alkyl halides is 3. The Kier molecular flexibility index (Phi) is 4.20. The fourth-order valence-electron chi connectivity index (χ4n) is 1.90. The van der Waals surface area contributed by atoms with Gasteiger partial charge in [0.25, 0.3) is 0 Å². The minimum Gasteiger partial charge on any atom is -0.424 e. The molecule has 1 aromatic carbocycles. The highest BCUT2D eigenvalue weighted by atomic mass is 32.2. The molecule has 0 radical (unpaired) electrons. The van der Waals surface area contributed by atoms with Gasteiger partial charge in [0.15, 0.2) is 0 Å². The number of halogens is 3. The Morgan fingerprint density at radius 3 is 2.52 bits per heavy atom. The molecule has 5 nitrogen and oxygen atoms in total. The number of nitrogens with zero attached hydrogens (tertiary/aromatic N) is 4. The van der Waals surface area contributed by atoms with E-state index in [1.807, 2.05) is 6.92 Å². The Bertz CT molecular complexity index is 834. The Labute approximate surface area is 133 Å². The highest BCUT2D eigenvalue weighted by Gasteiger charge is 2.35. The first-order chi connectivity index (χ1) is 11.0. The second kappa shape index (κ2) is 6.15. The zero-order chi connectivity index (χ0) is 16.4. The summed E-state index contributed by atoms with van der Waals surface area (Å²) in [5.41, 5.74) is 0.247. The van der Waals surface area contributed by atoms with Crippen LogP contribution in [0.25, 0.3) is 10.9 Å². The number of hydrogen-bond donors (Lipinski definition) is 0. The van der Waals surface area contributed by atoms with Crippen LogP contribution in [0, 0.1) is 0 Å². The topological polar surface area (TPSA) is 64.7 Å². The van der Waals surface area contributed by atoms with Crippen molar-refractivity contribution >= 4 is 22.7 Å². The molecular formula is C14H11F3N4OS. The van der Waals surface area contributed by atoms with Gasteiger partial charge >= 0.3 is 6.18 Å². The van der Waals surface area contributed by atoms with Crippen molar-refractivity contribution in [2.75, 3.05) is 0 Å². The first kappa shape index (κ1) is 15.7. The van der Waals surface area contributed by atoms with E-state index in [1.165, 1.54) is 6.07 Å². The average molecular weight is 340 g/mol. The summed E-state index contributed by atoms with van der Waals surface area (Å²) in [4.78, 5) is 7.23. The van der Waals surface area contributed by atoms with E-state index < -0.39 is 12.0 Å². The van der Waals surface area contributed by atoms with Gasteiger partial charge in [0.1, 0.15) is 5.03 Å². The van der Waals surface area contributed by atoms with Crippen molar-refractivity contribution in [2.24, 2.45) is 0 Å². The Morgan fingerprint density at radius 1 is 1.09 bits per heavy atom. The van der Waals surface area contributed by atoms with Gasteiger partial charge in [-0.3, -0.25) is 0 Å². The van der Waals surface area contributed by atoms with E-state index in [-0.39, 0.29) is 16.3 Å². The lowest BCUT2D eigenvalue weighted by molar-refractivity contribution is -0.145. The predicted octanol–water partition coefficient (Wildman–Crippen LogP) is 3.89. The molecule has 0 spiro atoms. The van der Waals surface area contributed by atoms with Crippen molar-refractivity contribution in [2.45, 2.75) is 30.3 Å². The molecule has 3 aromatic rings. The van der Waals surface area contributed by atoms with E-state index in [0.29, 0.717) is 23.6 Å². The normalized spacial score (nSPS) is 12.0. The highest BCUT2D eigenvalue weighted by molar-refractivity contribution is 7.98. The molecular weight excluding hydrogens is 329 g/mol. The van der Waals surface area contributed by atoms with Gasteiger partial charge in [0.05, 0.1) is 11.3 Å². The highest BCUT2D eigenvalue weighted by Crippen LogP contribution is 2.33. The van der Waals surface area contributed by atoms with Gasteiger partial charge in [-0.2, -0.15) is 13.2 Å². The number of thioether (sulfide) groups is 1. The van der Waals surface area contributed by atoms with Crippen molar-refractivity contribution in [1.82, 2.24) is 20.2 Å². The molecule has 0 unspecified atom stereocenters. The minimum absolute atomic E-state index is 0.235. The number of aryl methyl sites for hydroxylation is 1. The SMILES string of the molecule is CCc1nnc(CSc2nc(C(F)(F)F)nc3ccccc23)o1. The van der Waals surface area contributed by atoms with Gasteiger partial charge in [-0.1, -0.05) is 36.9 Å². The standard InChI is InChI=1S/C14H11F3N4OS/c1-2-10-20-21-11(22-10)7-23-12-8-5-3-4-6-9(8)18-13(19-12)14(15,16)17/h3-6H,2,7H2,1H3. The van der Waals surface area contributed by atoms with Crippen LogP contribution in [-0.2, 0) is 18.3 Å².